The van der Waals surface area contributed by atoms with Crippen molar-refractivity contribution >= 4 is 23.9 Å². The first-order chi connectivity index (χ1) is 23.3. The van der Waals surface area contributed by atoms with Gasteiger partial charge >= 0.3 is 23.9 Å². The van der Waals surface area contributed by atoms with Gasteiger partial charge in [0.1, 0.15) is 23.0 Å². The van der Waals surface area contributed by atoms with Gasteiger partial charge in [0.2, 0.25) is 0 Å². The zero-order chi connectivity index (χ0) is 34.1. The molecule has 0 fully saturated rings. The van der Waals surface area contributed by atoms with Crippen LogP contribution in [0.3, 0.4) is 0 Å². The molecule has 0 bridgehead atoms. The van der Waals surface area contributed by atoms with E-state index in [1.54, 1.807) is 79.7 Å². The fourth-order valence-corrected chi connectivity index (χ4v) is 4.15. The normalized spacial score (nSPS) is 10.4. The Labute approximate surface area is 278 Å². The van der Waals surface area contributed by atoms with Crippen LogP contribution in [0.1, 0.15) is 46.9 Å². The van der Waals surface area contributed by atoms with Gasteiger partial charge in [0.15, 0.2) is 0 Å². The maximum absolute atomic E-state index is 12.6. The molecule has 0 aliphatic heterocycles. The van der Waals surface area contributed by atoms with Gasteiger partial charge in [0.25, 0.3) is 0 Å². The van der Waals surface area contributed by atoms with E-state index in [9.17, 15) is 19.2 Å². The van der Waals surface area contributed by atoms with E-state index < -0.39 is 17.9 Å². The van der Waals surface area contributed by atoms with Crippen molar-refractivity contribution in [3.63, 3.8) is 0 Å². The van der Waals surface area contributed by atoms with Crippen LogP contribution in [0, 0.1) is 0 Å². The molecule has 4 aromatic rings. The lowest BCUT2D eigenvalue weighted by Crippen LogP contribution is -2.09. The average molecular weight is 653 g/mol. The standard InChI is InChI=1S/C38H36O10/c1-3-35(39)45-25-5-23-43-31-15-11-29(12-16-31)37(41)47-33-19-7-27(8-20-33)28-9-21-34(22-10-28)48-38(42)30-13-17-32(18-14-30)44-24-6-26-46-36(40)4-2/h3,7-22H,1,4-6,23-26H2,2H3. The van der Waals surface area contributed by atoms with Crippen molar-refractivity contribution in [2.24, 2.45) is 0 Å². The molecule has 10 nitrogen and oxygen atoms in total. The van der Waals surface area contributed by atoms with E-state index in [0.29, 0.717) is 73.2 Å². The summed E-state index contributed by atoms with van der Waals surface area (Å²) in [7, 11) is 0. The third-order valence-electron chi connectivity index (χ3n) is 6.72. The van der Waals surface area contributed by atoms with E-state index in [-0.39, 0.29) is 12.6 Å². The Bertz CT molecular complexity index is 1660. The minimum atomic E-state index is -0.509. The molecule has 48 heavy (non-hydrogen) atoms. The highest BCUT2D eigenvalue weighted by Gasteiger charge is 2.11. The molecule has 0 radical (unpaired) electrons. The number of hydrogen-bond donors (Lipinski definition) is 0. The summed E-state index contributed by atoms with van der Waals surface area (Å²) in [6.45, 7) is 6.34. The van der Waals surface area contributed by atoms with Crippen molar-refractivity contribution in [1.29, 1.82) is 0 Å². The van der Waals surface area contributed by atoms with E-state index >= 15 is 0 Å². The molecule has 0 saturated carbocycles. The molecule has 0 aliphatic carbocycles. The van der Waals surface area contributed by atoms with Gasteiger partial charge in [0.05, 0.1) is 37.6 Å². The van der Waals surface area contributed by atoms with Crippen molar-refractivity contribution < 1.29 is 47.6 Å². The molecule has 0 N–H and O–H groups in total. The van der Waals surface area contributed by atoms with Gasteiger partial charge in [-0.25, -0.2) is 14.4 Å². The van der Waals surface area contributed by atoms with E-state index in [1.807, 2.05) is 24.3 Å². The lowest BCUT2D eigenvalue weighted by Gasteiger charge is -2.09. The minimum Gasteiger partial charge on any atom is -0.493 e. The van der Waals surface area contributed by atoms with Crippen LogP contribution >= 0.6 is 0 Å². The van der Waals surface area contributed by atoms with Gasteiger partial charge in [-0.05, 0) is 83.9 Å². The monoisotopic (exact) mass is 652 g/mol. The number of esters is 4. The van der Waals surface area contributed by atoms with Crippen LogP contribution in [-0.4, -0.2) is 50.3 Å². The van der Waals surface area contributed by atoms with Crippen molar-refractivity contribution in [2.75, 3.05) is 26.4 Å². The second-order valence-electron chi connectivity index (χ2n) is 10.2. The van der Waals surface area contributed by atoms with Gasteiger partial charge < -0.3 is 28.4 Å². The second kappa shape index (κ2) is 18.3. The smallest absolute Gasteiger partial charge is 0.343 e. The highest BCUT2D eigenvalue weighted by Crippen LogP contribution is 2.26. The maximum Gasteiger partial charge on any atom is 0.343 e. The molecule has 4 rings (SSSR count). The fraction of sp³-hybridized carbons (Fsp3) is 0.211. The van der Waals surface area contributed by atoms with Crippen LogP contribution in [-0.2, 0) is 19.1 Å². The highest BCUT2D eigenvalue weighted by atomic mass is 16.5. The largest absolute Gasteiger partial charge is 0.493 e. The van der Waals surface area contributed by atoms with Crippen LogP contribution in [0.2, 0.25) is 0 Å². The van der Waals surface area contributed by atoms with E-state index in [2.05, 4.69) is 6.58 Å². The summed E-state index contributed by atoms with van der Waals surface area (Å²) < 4.78 is 32.2. The molecular weight excluding hydrogens is 616 g/mol. The number of rotatable bonds is 17. The predicted octanol–water partition coefficient (Wildman–Crippen LogP) is 7.01. The van der Waals surface area contributed by atoms with Crippen LogP contribution < -0.4 is 18.9 Å². The fourth-order valence-electron chi connectivity index (χ4n) is 4.15. The van der Waals surface area contributed by atoms with E-state index in [1.165, 1.54) is 0 Å². The molecule has 0 heterocycles. The second-order valence-corrected chi connectivity index (χ2v) is 10.2. The van der Waals surface area contributed by atoms with Crippen LogP contribution in [0.15, 0.2) is 110 Å². The first-order valence-corrected chi connectivity index (χ1v) is 15.4. The molecule has 0 aromatic heterocycles. The Morgan fingerprint density at radius 3 is 1.33 bits per heavy atom. The molecular formula is C38H36O10. The highest BCUT2D eigenvalue weighted by molar-refractivity contribution is 5.92. The molecule has 0 spiro atoms. The minimum absolute atomic E-state index is 0.228. The van der Waals surface area contributed by atoms with Gasteiger partial charge in [-0.2, -0.15) is 0 Å². The summed E-state index contributed by atoms with van der Waals surface area (Å²) >= 11 is 0. The Balaban J connectivity index is 1.21. The molecule has 0 atom stereocenters. The van der Waals surface area contributed by atoms with Gasteiger partial charge in [-0.1, -0.05) is 37.8 Å². The predicted molar refractivity (Wildman–Crippen MR) is 177 cm³/mol. The topological polar surface area (TPSA) is 124 Å². The Morgan fingerprint density at radius 1 is 0.542 bits per heavy atom. The Kier molecular flexibility index (Phi) is 13.3. The van der Waals surface area contributed by atoms with Gasteiger partial charge in [-0.15, -0.1) is 0 Å². The summed E-state index contributed by atoms with van der Waals surface area (Å²) in [5, 5.41) is 0. The maximum atomic E-state index is 12.6. The molecule has 0 amide bonds. The molecule has 4 aromatic carbocycles. The molecule has 248 valence electrons. The van der Waals surface area contributed by atoms with Crippen molar-refractivity contribution in [1.82, 2.24) is 0 Å². The average Bonchev–Trinajstić information content (AvgIpc) is 3.12. The summed E-state index contributed by atoms with van der Waals surface area (Å²) in [5.41, 5.74) is 2.50. The number of benzene rings is 4. The van der Waals surface area contributed by atoms with Crippen molar-refractivity contribution in [3.8, 4) is 34.1 Å². The van der Waals surface area contributed by atoms with Crippen LogP contribution in [0.5, 0.6) is 23.0 Å². The van der Waals surface area contributed by atoms with E-state index in [0.717, 1.165) is 17.2 Å². The first kappa shape index (κ1) is 35.0. The molecule has 10 heteroatoms. The lowest BCUT2D eigenvalue weighted by atomic mass is 10.1. The first-order valence-electron chi connectivity index (χ1n) is 15.4. The third-order valence-corrected chi connectivity index (χ3v) is 6.72. The zero-order valence-corrected chi connectivity index (χ0v) is 26.6. The molecule has 0 aliphatic rings. The van der Waals surface area contributed by atoms with Crippen LogP contribution in [0.25, 0.3) is 11.1 Å². The number of carbonyl (C=O) groups is 4. The third kappa shape index (κ3) is 11.2. The summed E-state index contributed by atoms with van der Waals surface area (Å²) in [6.07, 6.45) is 2.54. The number of carbonyl (C=O) groups excluding carboxylic acids is 4. The molecule has 0 saturated heterocycles. The summed E-state index contributed by atoms with van der Waals surface area (Å²) in [5.74, 6) is 0.221. The Hall–Kier alpha value is -5.90. The quantitative estimate of drug-likeness (QED) is 0.0509. The summed E-state index contributed by atoms with van der Waals surface area (Å²) in [4.78, 5) is 47.5. The number of hydrogen-bond acceptors (Lipinski definition) is 10. The van der Waals surface area contributed by atoms with Crippen molar-refractivity contribution in [3.05, 3.63) is 121 Å². The zero-order valence-electron chi connectivity index (χ0n) is 26.6. The number of ether oxygens (including phenoxy) is 6. The SMILES string of the molecule is C=CC(=O)OCCCOc1ccc(C(=O)Oc2ccc(-c3ccc(OC(=O)c4ccc(OCCCOC(=O)CC)cc4)cc3)cc2)cc1. The van der Waals surface area contributed by atoms with Crippen LogP contribution in [0.4, 0.5) is 0 Å². The van der Waals surface area contributed by atoms with Gasteiger partial charge in [0, 0.05) is 25.3 Å². The molecule has 0 unspecified atom stereocenters. The van der Waals surface area contributed by atoms with Gasteiger partial charge in [-0.3, -0.25) is 4.79 Å². The van der Waals surface area contributed by atoms with Crippen molar-refractivity contribution in [2.45, 2.75) is 26.2 Å². The summed E-state index contributed by atoms with van der Waals surface area (Å²) in [6, 6.07) is 27.3. The Morgan fingerprint density at radius 2 is 0.938 bits per heavy atom. The lowest BCUT2D eigenvalue weighted by molar-refractivity contribution is -0.143. The van der Waals surface area contributed by atoms with E-state index in [4.69, 9.17) is 28.4 Å².